The lowest BCUT2D eigenvalue weighted by atomic mass is 10.4. The molecule has 1 unspecified atom stereocenters. The SMILES string of the molecule is CCOC(C)/C(Cl)=N\C. The first-order chi connectivity index (χ1) is 4.22. The van der Waals surface area contributed by atoms with Gasteiger partial charge in [-0.2, -0.15) is 0 Å². The molecule has 0 aromatic rings. The molecular weight excluding hydrogens is 138 g/mol. The van der Waals surface area contributed by atoms with Crippen LogP contribution in [0.15, 0.2) is 4.99 Å². The maximum Gasteiger partial charge on any atom is 0.129 e. The topological polar surface area (TPSA) is 21.6 Å². The van der Waals surface area contributed by atoms with Gasteiger partial charge in [0, 0.05) is 13.7 Å². The Kier molecular flexibility index (Phi) is 4.72. The molecule has 0 N–H and O–H groups in total. The van der Waals surface area contributed by atoms with Crippen LogP contribution in [0.4, 0.5) is 0 Å². The monoisotopic (exact) mass is 149 g/mol. The molecule has 0 radical (unpaired) electrons. The molecule has 0 aromatic carbocycles. The number of rotatable bonds is 3. The zero-order chi connectivity index (χ0) is 7.28. The van der Waals surface area contributed by atoms with Crippen molar-refractivity contribution in [3.63, 3.8) is 0 Å². The van der Waals surface area contributed by atoms with E-state index >= 15 is 0 Å². The summed E-state index contributed by atoms with van der Waals surface area (Å²) in [6, 6.07) is 0. The third-order valence-electron chi connectivity index (χ3n) is 0.966. The molecule has 0 aliphatic carbocycles. The lowest BCUT2D eigenvalue weighted by molar-refractivity contribution is 0.124. The molecule has 3 heteroatoms. The quantitative estimate of drug-likeness (QED) is 0.560. The molecule has 0 saturated heterocycles. The van der Waals surface area contributed by atoms with Crippen LogP contribution in [-0.2, 0) is 4.74 Å². The van der Waals surface area contributed by atoms with Gasteiger partial charge in [0.25, 0.3) is 0 Å². The van der Waals surface area contributed by atoms with Crippen LogP contribution in [0.3, 0.4) is 0 Å². The average molecular weight is 150 g/mol. The van der Waals surface area contributed by atoms with Crippen molar-refractivity contribution in [1.29, 1.82) is 0 Å². The Hall–Kier alpha value is -0.0800. The minimum Gasteiger partial charge on any atom is -0.372 e. The van der Waals surface area contributed by atoms with Crippen LogP contribution in [0.2, 0.25) is 0 Å². The Morgan fingerprint density at radius 3 is 2.67 bits per heavy atom. The number of ether oxygens (including phenoxy) is 1. The van der Waals surface area contributed by atoms with Crippen LogP contribution in [0.5, 0.6) is 0 Å². The van der Waals surface area contributed by atoms with Gasteiger partial charge in [0.05, 0.1) is 0 Å². The minimum atomic E-state index is -0.0540. The van der Waals surface area contributed by atoms with Crippen molar-refractivity contribution < 1.29 is 4.74 Å². The smallest absolute Gasteiger partial charge is 0.129 e. The highest BCUT2D eigenvalue weighted by Gasteiger charge is 2.04. The van der Waals surface area contributed by atoms with E-state index < -0.39 is 0 Å². The number of hydrogen-bond acceptors (Lipinski definition) is 2. The van der Waals surface area contributed by atoms with E-state index in [1.165, 1.54) is 0 Å². The molecule has 0 rings (SSSR count). The fourth-order valence-corrected chi connectivity index (χ4v) is 0.564. The second-order valence-electron chi connectivity index (χ2n) is 1.64. The predicted molar refractivity (Wildman–Crippen MR) is 40.3 cm³/mol. The molecule has 54 valence electrons. The van der Waals surface area contributed by atoms with Crippen molar-refractivity contribution in [3.05, 3.63) is 0 Å². The lowest BCUT2D eigenvalue weighted by Crippen LogP contribution is -2.15. The van der Waals surface area contributed by atoms with Gasteiger partial charge < -0.3 is 4.74 Å². The molecule has 1 atom stereocenters. The van der Waals surface area contributed by atoms with Gasteiger partial charge in [-0.1, -0.05) is 11.6 Å². The third kappa shape index (κ3) is 3.49. The summed E-state index contributed by atoms with van der Waals surface area (Å²) in [6.45, 7) is 4.47. The Morgan fingerprint density at radius 2 is 2.33 bits per heavy atom. The third-order valence-corrected chi connectivity index (χ3v) is 1.44. The number of nitrogens with zero attached hydrogens (tertiary/aromatic N) is 1. The van der Waals surface area contributed by atoms with Crippen LogP contribution < -0.4 is 0 Å². The molecule has 0 aromatic heterocycles. The number of aliphatic imine (C=N–C) groups is 1. The van der Waals surface area contributed by atoms with Crippen molar-refractivity contribution in [2.45, 2.75) is 20.0 Å². The number of halogens is 1. The molecular formula is C6H12ClNO. The summed E-state index contributed by atoms with van der Waals surface area (Å²) in [5, 5.41) is 0.525. The largest absolute Gasteiger partial charge is 0.372 e. The molecule has 0 spiro atoms. The van der Waals surface area contributed by atoms with E-state index in [1.807, 2.05) is 13.8 Å². The molecule has 0 aliphatic heterocycles. The summed E-state index contributed by atoms with van der Waals surface area (Å²) >= 11 is 5.62. The molecule has 2 nitrogen and oxygen atoms in total. The zero-order valence-electron chi connectivity index (χ0n) is 6.02. The van der Waals surface area contributed by atoms with Gasteiger partial charge in [-0.25, -0.2) is 0 Å². The second kappa shape index (κ2) is 4.77. The van der Waals surface area contributed by atoms with Gasteiger partial charge in [0.2, 0.25) is 0 Å². The van der Waals surface area contributed by atoms with E-state index in [9.17, 15) is 0 Å². The van der Waals surface area contributed by atoms with E-state index in [4.69, 9.17) is 16.3 Å². The lowest BCUT2D eigenvalue weighted by Gasteiger charge is -2.07. The van der Waals surface area contributed by atoms with E-state index in [0.717, 1.165) is 0 Å². The van der Waals surface area contributed by atoms with Crippen LogP contribution in [-0.4, -0.2) is 24.9 Å². The summed E-state index contributed by atoms with van der Waals surface area (Å²) in [6.07, 6.45) is -0.0540. The van der Waals surface area contributed by atoms with Gasteiger partial charge in [0.1, 0.15) is 11.3 Å². The maximum absolute atomic E-state index is 5.62. The van der Waals surface area contributed by atoms with Crippen LogP contribution in [0.1, 0.15) is 13.8 Å². The molecule has 0 fully saturated rings. The van der Waals surface area contributed by atoms with Gasteiger partial charge in [-0.3, -0.25) is 4.99 Å². The fourth-order valence-electron chi connectivity index (χ4n) is 0.501. The first-order valence-electron chi connectivity index (χ1n) is 2.96. The first kappa shape index (κ1) is 8.92. The molecule has 9 heavy (non-hydrogen) atoms. The Labute approximate surface area is 60.9 Å². The Bertz CT molecular complexity index is 103. The van der Waals surface area contributed by atoms with Gasteiger partial charge in [0.15, 0.2) is 0 Å². The predicted octanol–water partition coefficient (Wildman–Crippen LogP) is 1.68. The van der Waals surface area contributed by atoms with E-state index in [-0.39, 0.29) is 6.10 Å². The summed E-state index contributed by atoms with van der Waals surface area (Å²) in [4.78, 5) is 3.76. The van der Waals surface area contributed by atoms with Crippen LogP contribution in [0, 0.1) is 0 Å². The van der Waals surface area contributed by atoms with Crippen LogP contribution in [0.25, 0.3) is 0 Å². The normalized spacial score (nSPS) is 15.8. The van der Waals surface area contributed by atoms with Gasteiger partial charge >= 0.3 is 0 Å². The number of hydrogen-bond donors (Lipinski definition) is 0. The minimum absolute atomic E-state index is 0.0540. The summed E-state index contributed by atoms with van der Waals surface area (Å²) < 4.78 is 5.13. The van der Waals surface area contributed by atoms with E-state index in [2.05, 4.69) is 4.99 Å². The van der Waals surface area contributed by atoms with Crippen molar-refractivity contribution >= 4 is 16.8 Å². The second-order valence-corrected chi connectivity index (χ2v) is 2.03. The van der Waals surface area contributed by atoms with Gasteiger partial charge in [-0.15, -0.1) is 0 Å². The Morgan fingerprint density at radius 1 is 1.78 bits per heavy atom. The Balaban J connectivity index is 3.59. The van der Waals surface area contributed by atoms with Crippen molar-refractivity contribution in [3.8, 4) is 0 Å². The maximum atomic E-state index is 5.62. The standard InChI is InChI=1S/C6H12ClNO/c1-4-9-5(2)6(7)8-3/h5H,4H2,1-3H3/b8-6+. The molecule has 0 saturated carbocycles. The molecule has 0 aliphatic rings. The zero-order valence-corrected chi connectivity index (χ0v) is 6.77. The van der Waals surface area contributed by atoms with E-state index in [1.54, 1.807) is 7.05 Å². The highest BCUT2D eigenvalue weighted by Crippen LogP contribution is 1.97. The fraction of sp³-hybridized carbons (Fsp3) is 0.833. The van der Waals surface area contributed by atoms with Crippen molar-refractivity contribution in [2.75, 3.05) is 13.7 Å². The average Bonchev–Trinajstić information content (AvgIpc) is 1.87. The highest BCUT2D eigenvalue weighted by atomic mass is 35.5. The molecule has 0 bridgehead atoms. The first-order valence-corrected chi connectivity index (χ1v) is 3.34. The summed E-state index contributed by atoms with van der Waals surface area (Å²) in [7, 11) is 1.65. The molecule has 0 heterocycles. The van der Waals surface area contributed by atoms with Crippen LogP contribution >= 0.6 is 11.6 Å². The molecule has 0 amide bonds. The van der Waals surface area contributed by atoms with Crippen molar-refractivity contribution in [1.82, 2.24) is 0 Å². The summed E-state index contributed by atoms with van der Waals surface area (Å²) in [5.41, 5.74) is 0. The summed E-state index contributed by atoms with van der Waals surface area (Å²) in [5.74, 6) is 0. The van der Waals surface area contributed by atoms with Crippen molar-refractivity contribution in [2.24, 2.45) is 4.99 Å². The highest BCUT2D eigenvalue weighted by molar-refractivity contribution is 6.66. The van der Waals surface area contributed by atoms with E-state index in [0.29, 0.717) is 11.8 Å². The van der Waals surface area contributed by atoms with Gasteiger partial charge in [-0.05, 0) is 13.8 Å².